The zero-order chi connectivity index (χ0) is 12.3. The van der Waals surface area contributed by atoms with Crippen LogP contribution in [0.15, 0.2) is 34.9 Å². The quantitative estimate of drug-likeness (QED) is 0.763. The van der Waals surface area contributed by atoms with Crippen LogP contribution in [0.2, 0.25) is 0 Å². The van der Waals surface area contributed by atoms with Gasteiger partial charge in [-0.15, -0.1) is 0 Å². The van der Waals surface area contributed by atoms with Crippen molar-refractivity contribution in [3.63, 3.8) is 0 Å². The Hall–Kier alpha value is -1.40. The number of rotatable bonds is 3. The molecule has 0 bridgehead atoms. The molecule has 88 valence electrons. The van der Waals surface area contributed by atoms with Gasteiger partial charge in [0.2, 0.25) is 0 Å². The molecule has 0 unspecified atom stereocenters. The standard InChI is InChI=1S/C11H10BrN3OS/c12-9-8(14-11(17)15-9)10(16)13-6-7-4-2-1-3-5-7/h1-5H,6H2,(H,13,16)(H2,14,15,17). The summed E-state index contributed by atoms with van der Waals surface area (Å²) in [6, 6.07) is 9.71. The summed E-state index contributed by atoms with van der Waals surface area (Å²) in [7, 11) is 0. The lowest BCUT2D eigenvalue weighted by molar-refractivity contribution is 0.0945. The van der Waals surface area contributed by atoms with Crippen LogP contribution in [0.5, 0.6) is 0 Å². The third-order valence-corrected chi connectivity index (χ3v) is 3.00. The number of carbonyl (C=O) groups is 1. The third-order valence-electron chi connectivity index (χ3n) is 2.20. The van der Waals surface area contributed by atoms with Crippen molar-refractivity contribution in [1.82, 2.24) is 15.3 Å². The van der Waals surface area contributed by atoms with Crippen LogP contribution in [0.3, 0.4) is 0 Å². The summed E-state index contributed by atoms with van der Waals surface area (Å²) >= 11 is 8.13. The normalized spacial score (nSPS) is 10.2. The second kappa shape index (κ2) is 5.29. The molecule has 0 saturated carbocycles. The molecule has 0 spiro atoms. The van der Waals surface area contributed by atoms with E-state index in [-0.39, 0.29) is 5.91 Å². The summed E-state index contributed by atoms with van der Waals surface area (Å²) in [6.45, 7) is 0.484. The topological polar surface area (TPSA) is 60.7 Å². The number of carbonyl (C=O) groups excluding carboxylic acids is 1. The van der Waals surface area contributed by atoms with Crippen LogP contribution in [0, 0.1) is 4.77 Å². The molecule has 0 radical (unpaired) electrons. The molecule has 0 aliphatic carbocycles. The van der Waals surface area contributed by atoms with Crippen molar-refractivity contribution < 1.29 is 4.79 Å². The molecule has 2 aromatic rings. The minimum atomic E-state index is -0.201. The molecule has 6 heteroatoms. The molecule has 1 aromatic carbocycles. The molecule has 0 fully saturated rings. The van der Waals surface area contributed by atoms with Crippen LogP contribution in [0.4, 0.5) is 0 Å². The number of hydrogen-bond acceptors (Lipinski definition) is 2. The smallest absolute Gasteiger partial charge is 0.270 e. The Morgan fingerprint density at radius 3 is 2.59 bits per heavy atom. The molecule has 1 heterocycles. The van der Waals surface area contributed by atoms with E-state index in [1.807, 2.05) is 30.3 Å². The molecule has 4 nitrogen and oxygen atoms in total. The Bertz CT molecular complexity index is 576. The number of nitrogens with one attached hydrogen (secondary N) is 3. The summed E-state index contributed by atoms with van der Waals surface area (Å²) in [5.74, 6) is -0.201. The maximum absolute atomic E-state index is 11.8. The minimum absolute atomic E-state index is 0.201. The highest BCUT2D eigenvalue weighted by Gasteiger charge is 2.11. The first-order valence-corrected chi connectivity index (χ1v) is 6.17. The summed E-state index contributed by atoms with van der Waals surface area (Å²) < 4.78 is 0.981. The predicted octanol–water partition coefficient (Wildman–Crippen LogP) is 2.76. The van der Waals surface area contributed by atoms with E-state index in [0.717, 1.165) is 5.56 Å². The number of H-pyrrole nitrogens is 2. The summed E-state index contributed by atoms with van der Waals surface area (Å²) in [5.41, 5.74) is 1.46. The van der Waals surface area contributed by atoms with Gasteiger partial charge in [0.05, 0.1) is 0 Å². The average molecular weight is 312 g/mol. The fraction of sp³-hybridized carbons (Fsp3) is 0.0909. The molecule has 1 amide bonds. The number of halogens is 1. The number of aromatic nitrogens is 2. The lowest BCUT2D eigenvalue weighted by Gasteiger charge is -2.03. The van der Waals surface area contributed by atoms with E-state index in [2.05, 4.69) is 31.2 Å². The highest BCUT2D eigenvalue weighted by Crippen LogP contribution is 2.11. The molecule has 3 N–H and O–H groups in total. The number of amides is 1. The van der Waals surface area contributed by atoms with Crippen molar-refractivity contribution in [3.8, 4) is 0 Å². The van der Waals surface area contributed by atoms with E-state index in [1.54, 1.807) is 0 Å². The Kier molecular flexibility index (Phi) is 3.75. The van der Waals surface area contributed by atoms with Crippen molar-refractivity contribution in [2.24, 2.45) is 0 Å². The summed E-state index contributed by atoms with van der Waals surface area (Å²) in [4.78, 5) is 17.4. The van der Waals surface area contributed by atoms with Gasteiger partial charge in [0.25, 0.3) is 5.91 Å². The Morgan fingerprint density at radius 1 is 1.29 bits per heavy atom. The summed E-state index contributed by atoms with van der Waals surface area (Å²) in [5, 5.41) is 2.80. The van der Waals surface area contributed by atoms with Gasteiger partial charge in [0.15, 0.2) is 4.77 Å². The molecule has 0 aliphatic rings. The highest BCUT2D eigenvalue weighted by molar-refractivity contribution is 9.10. The van der Waals surface area contributed by atoms with Gasteiger partial charge in [-0.25, -0.2) is 0 Å². The van der Waals surface area contributed by atoms with Crippen molar-refractivity contribution in [1.29, 1.82) is 0 Å². The number of hydrogen-bond donors (Lipinski definition) is 3. The van der Waals surface area contributed by atoms with Gasteiger partial charge in [-0.05, 0) is 33.7 Å². The lowest BCUT2D eigenvalue weighted by atomic mass is 10.2. The second-order valence-corrected chi connectivity index (χ2v) is 4.64. The van der Waals surface area contributed by atoms with Gasteiger partial charge in [-0.2, -0.15) is 0 Å². The van der Waals surface area contributed by atoms with E-state index in [9.17, 15) is 4.79 Å². The van der Waals surface area contributed by atoms with Crippen LogP contribution in [0.25, 0.3) is 0 Å². The van der Waals surface area contributed by atoms with Crippen molar-refractivity contribution in [2.75, 3.05) is 0 Å². The number of benzene rings is 1. The molecule has 1 aromatic heterocycles. The van der Waals surface area contributed by atoms with E-state index in [1.165, 1.54) is 0 Å². The Balaban J connectivity index is 2.03. The van der Waals surface area contributed by atoms with E-state index >= 15 is 0 Å². The maximum Gasteiger partial charge on any atom is 0.270 e. The predicted molar refractivity (Wildman–Crippen MR) is 71.3 cm³/mol. The molecule has 17 heavy (non-hydrogen) atoms. The van der Waals surface area contributed by atoms with E-state index < -0.39 is 0 Å². The first kappa shape index (κ1) is 12.1. The van der Waals surface area contributed by atoms with Crippen LogP contribution < -0.4 is 5.32 Å². The van der Waals surface area contributed by atoms with Gasteiger partial charge in [-0.1, -0.05) is 30.3 Å². The maximum atomic E-state index is 11.8. The highest BCUT2D eigenvalue weighted by atomic mass is 79.9. The van der Waals surface area contributed by atoms with Gasteiger partial charge in [0, 0.05) is 6.54 Å². The van der Waals surface area contributed by atoms with Crippen molar-refractivity contribution in [3.05, 3.63) is 51.0 Å². The Labute approximate surface area is 112 Å². The van der Waals surface area contributed by atoms with Gasteiger partial charge >= 0.3 is 0 Å². The van der Waals surface area contributed by atoms with Crippen molar-refractivity contribution >= 4 is 34.1 Å². The third kappa shape index (κ3) is 3.04. The van der Waals surface area contributed by atoms with Crippen LogP contribution in [-0.2, 0) is 6.54 Å². The SMILES string of the molecule is O=C(NCc1ccccc1)c1[nH]c(=S)[nH]c1Br. The molecular formula is C11H10BrN3OS. The molecule has 0 saturated heterocycles. The van der Waals surface area contributed by atoms with Crippen LogP contribution in [0.1, 0.15) is 16.1 Å². The molecule has 0 aliphatic heterocycles. The zero-order valence-corrected chi connectivity index (χ0v) is 11.2. The molecule has 0 atom stereocenters. The van der Waals surface area contributed by atoms with Crippen LogP contribution >= 0.6 is 28.1 Å². The Morgan fingerprint density at radius 2 is 2.00 bits per heavy atom. The number of aromatic amines is 2. The molecular weight excluding hydrogens is 302 g/mol. The summed E-state index contributed by atoms with van der Waals surface area (Å²) in [6.07, 6.45) is 0. The van der Waals surface area contributed by atoms with Crippen LogP contribution in [-0.4, -0.2) is 15.9 Å². The first-order valence-electron chi connectivity index (χ1n) is 4.97. The second-order valence-electron chi connectivity index (χ2n) is 3.44. The average Bonchev–Trinajstić information content (AvgIpc) is 2.67. The zero-order valence-electron chi connectivity index (χ0n) is 8.79. The minimum Gasteiger partial charge on any atom is -0.347 e. The van der Waals surface area contributed by atoms with Gasteiger partial charge in [0.1, 0.15) is 10.3 Å². The largest absolute Gasteiger partial charge is 0.347 e. The van der Waals surface area contributed by atoms with Crippen molar-refractivity contribution in [2.45, 2.75) is 6.54 Å². The fourth-order valence-electron chi connectivity index (χ4n) is 1.38. The monoisotopic (exact) mass is 311 g/mol. The number of imidazole rings is 1. The van der Waals surface area contributed by atoms with Gasteiger partial charge in [-0.3, -0.25) is 4.79 Å². The lowest BCUT2D eigenvalue weighted by Crippen LogP contribution is -2.23. The van der Waals surface area contributed by atoms with Gasteiger partial charge < -0.3 is 15.3 Å². The first-order chi connectivity index (χ1) is 8.16. The van der Waals surface area contributed by atoms with E-state index in [4.69, 9.17) is 12.2 Å². The fourth-order valence-corrected chi connectivity index (χ4v) is 2.20. The molecule has 2 rings (SSSR count). The van der Waals surface area contributed by atoms with E-state index in [0.29, 0.717) is 21.6 Å².